The van der Waals surface area contributed by atoms with Crippen molar-refractivity contribution >= 4 is 11.8 Å². The number of amides is 2. The van der Waals surface area contributed by atoms with Gasteiger partial charge in [0.05, 0.1) is 12.2 Å². The molecule has 0 spiro atoms. The van der Waals surface area contributed by atoms with Gasteiger partial charge in [-0.05, 0) is 24.6 Å². The Morgan fingerprint density at radius 1 is 1.15 bits per heavy atom. The number of rotatable bonds is 5. The highest BCUT2D eigenvalue weighted by molar-refractivity contribution is 5.92. The van der Waals surface area contributed by atoms with Gasteiger partial charge >= 0.3 is 0 Å². The standard InChI is InChI=1S/C19H22FN5O2/c1-14(18(26)23-12-15-2-4-16(20)5-3-15)24-8-10-25(11-9-24)19(27)17-13-21-6-7-22-17/h2-7,13-14H,8-12H2,1H3,(H,23,26). The summed E-state index contributed by atoms with van der Waals surface area (Å²) in [5, 5.41) is 2.87. The van der Waals surface area contributed by atoms with Gasteiger partial charge in [0.2, 0.25) is 5.91 Å². The third-order valence-corrected chi connectivity index (χ3v) is 4.69. The molecule has 0 radical (unpaired) electrons. The van der Waals surface area contributed by atoms with Gasteiger partial charge in [-0.1, -0.05) is 12.1 Å². The maximum atomic E-state index is 12.9. The van der Waals surface area contributed by atoms with E-state index in [1.807, 2.05) is 11.8 Å². The van der Waals surface area contributed by atoms with Crippen LogP contribution in [0.5, 0.6) is 0 Å². The minimum atomic E-state index is -0.306. The zero-order chi connectivity index (χ0) is 19.2. The van der Waals surface area contributed by atoms with Crippen LogP contribution < -0.4 is 5.32 Å². The molecule has 1 aliphatic heterocycles. The molecule has 1 aromatic heterocycles. The van der Waals surface area contributed by atoms with Crippen molar-refractivity contribution in [1.82, 2.24) is 25.1 Å². The monoisotopic (exact) mass is 371 g/mol. The van der Waals surface area contributed by atoms with E-state index < -0.39 is 0 Å². The van der Waals surface area contributed by atoms with Crippen LogP contribution in [0.1, 0.15) is 23.0 Å². The van der Waals surface area contributed by atoms with Gasteiger partial charge in [-0.2, -0.15) is 0 Å². The number of piperazine rings is 1. The van der Waals surface area contributed by atoms with Crippen LogP contribution in [0.4, 0.5) is 4.39 Å². The van der Waals surface area contributed by atoms with Gasteiger partial charge in [0, 0.05) is 45.1 Å². The molecule has 2 heterocycles. The van der Waals surface area contributed by atoms with Crippen molar-refractivity contribution in [1.29, 1.82) is 0 Å². The van der Waals surface area contributed by atoms with Gasteiger partial charge in [0.25, 0.3) is 5.91 Å². The predicted molar refractivity (Wildman–Crippen MR) is 97.2 cm³/mol. The number of carbonyl (C=O) groups excluding carboxylic acids is 2. The molecule has 3 rings (SSSR count). The van der Waals surface area contributed by atoms with Crippen LogP contribution in [0.15, 0.2) is 42.9 Å². The molecule has 1 fully saturated rings. The lowest BCUT2D eigenvalue weighted by molar-refractivity contribution is -0.126. The first-order valence-electron chi connectivity index (χ1n) is 8.86. The Kier molecular flexibility index (Phi) is 6.08. The number of benzene rings is 1. The molecule has 1 atom stereocenters. The molecular formula is C19H22FN5O2. The van der Waals surface area contributed by atoms with Crippen molar-refractivity contribution in [2.24, 2.45) is 0 Å². The first-order valence-corrected chi connectivity index (χ1v) is 8.86. The number of nitrogens with zero attached hydrogens (tertiary/aromatic N) is 4. The average Bonchev–Trinajstić information content (AvgIpc) is 2.73. The van der Waals surface area contributed by atoms with Crippen molar-refractivity contribution in [3.63, 3.8) is 0 Å². The molecular weight excluding hydrogens is 349 g/mol. The lowest BCUT2D eigenvalue weighted by Gasteiger charge is -2.37. The first kappa shape index (κ1) is 18.9. The number of hydrogen-bond acceptors (Lipinski definition) is 5. The van der Waals surface area contributed by atoms with Crippen molar-refractivity contribution in [3.05, 3.63) is 59.9 Å². The van der Waals surface area contributed by atoms with Crippen LogP contribution in [0.25, 0.3) is 0 Å². The summed E-state index contributed by atoms with van der Waals surface area (Å²) in [5.74, 6) is -0.531. The Hall–Kier alpha value is -2.87. The van der Waals surface area contributed by atoms with E-state index in [0.29, 0.717) is 38.4 Å². The van der Waals surface area contributed by atoms with E-state index in [4.69, 9.17) is 0 Å². The Morgan fingerprint density at radius 2 is 1.85 bits per heavy atom. The average molecular weight is 371 g/mol. The quantitative estimate of drug-likeness (QED) is 0.851. The fourth-order valence-corrected chi connectivity index (χ4v) is 2.99. The largest absolute Gasteiger partial charge is 0.351 e. The van der Waals surface area contributed by atoms with Gasteiger partial charge < -0.3 is 10.2 Å². The van der Waals surface area contributed by atoms with E-state index in [0.717, 1.165) is 5.56 Å². The van der Waals surface area contributed by atoms with Crippen LogP contribution in [0.3, 0.4) is 0 Å². The highest BCUT2D eigenvalue weighted by Crippen LogP contribution is 2.10. The topological polar surface area (TPSA) is 78.4 Å². The van der Waals surface area contributed by atoms with E-state index in [1.54, 1.807) is 17.0 Å². The lowest BCUT2D eigenvalue weighted by atomic mass is 10.2. The molecule has 0 saturated carbocycles. The van der Waals surface area contributed by atoms with E-state index in [-0.39, 0.29) is 23.7 Å². The summed E-state index contributed by atoms with van der Waals surface area (Å²) < 4.78 is 12.9. The molecule has 2 amide bonds. The summed E-state index contributed by atoms with van der Waals surface area (Å²) in [7, 11) is 0. The number of aromatic nitrogens is 2. The fraction of sp³-hybridized carbons (Fsp3) is 0.368. The number of nitrogens with one attached hydrogen (secondary N) is 1. The first-order chi connectivity index (χ1) is 13.0. The minimum Gasteiger partial charge on any atom is -0.351 e. The molecule has 27 heavy (non-hydrogen) atoms. The highest BCUT2D eigenvalue weighted by Gasteiger charge is 2.28. The summed E-state index contributed by atoms with van der Waals surface area (Å²) in [6, 6.07) is 5.74. The van der Waals surface area contributed by atoms with Gasteiger partial charge in [-0.3, -0.25) is 19.5 Å². The molecule has 1 unspecified atom stereocenters. The van der Waals surface area contributed by atoms with Gasteiger partial charge in [-0.15, -0.1) is 0 Å². The van der Waals surface area contributed by atoms with E-state index in [2.05, 4.69) is 15.3 Å². The third kappa shape index (κ3) is 4.85. The third-order valence-electron chi connectivity index (χ3n) is 4.69. The molecule has 8 heteroatoms. The van der Waals surface area contributed by atoms with Crippen LogP contribution >= 0.6 is 0 Å². The van der Waals surface area contributed by atoms with E-state index >= 15 is 0 Å². The zero-order valence-electron chi connectivity index (χ0n) is 15.1. The summed E-state index contributed by atoms with van der Waals surface area (Å²) in [6.07, 6.45) is 4.48. The lowest BCUT2D eigenvalue weighted by Crippen LogP contribution is -2.55. The van der Waals surface area contributed by atoms with Gasteiger partial charge in [0.15, 0.2) is 0 Å². The normalized spacial score (nSPS) is 16.0. The molecule has 1 N–H and O–H groups in total. The number of hydrogen-bond donors (Lipinski definition) is 1. The van der Waals surface area contributed by atoms with Crippen LogP contribution in [-0.2, 0) is 11.3 Å². The minimum absolute atomic E-state index is 0.0898. The number of carbonyl (C=O) groups is 2. The van der Waals surface area contributed by atoms with Crippen molar-refractivity contribution in [3.8, 4) is 0 Å². The maximum absolute atomic E-state index is 12.9. The Balaban J connectivity index is 1.47. The molecule has 7 nitrogen and oxygen atoms in total. The second-order valence-corrected chi connectivity index (χ2v) is 6.44. The molecule has 1 aromatic carbocycles. The number of halogens is 1. The molecule has 0 aliphatic carbocycles. The van der Waals surface area contributed by atoms with E-state index in [1.165, 1.54) is 30.7 Å². The van der Waals surface area contributed by atoms with Crippen molar-refractivity contribution < 1.29 is 14.0 Å². The second-order valence-electron chi connectivity index (χ2n) is 6.44. The van der Waals surface area contributed by atoms with Crippen LogP contribution in [0, 0.1) is 5.82 Å². The highest BCUT2D eigenvalue weighted by atomic mass is 19.1. The molecule has 142 valence electrons. The fourth-order valence-electron chi connectivity index (χ4n) is 2.99. The maximum Gasteiger partial charge on any atom is 0.274 e. The predicted octanol–water partition coefficient (Wildman–Crippen LogP) is 1.08. The van der Waals surface area contributed by atoms with Gasteiger partial charge in [0.1, 0.15) is 11.5 Å². The van der Waals surface area contributed by atoms with Gasteiger partial charge in [-0.25, -0.2) is 9.37 Å². The molecule has 1 aliphatic rings. The van der Waals surface area contributed by atoms with Crippen molar-refractivity contribution in [2.75, 3.05) is 26.2 Å². The SMILES string of the molecule is CC(C(=O)NCc1ccc(F)cc1)N1CCN(C(=O)c2cnccn2)CC1. The molecule has 0 bridgehead atoms. The van der Waals surface area contributed by atoms with Crippen LogP contribution in [0.2, 0.25) is 0 Å². The summed E-state index contributed by atoms with van der Waals surface area (Å²) in [4.78, 5) is 36.5. The summed E-state index contributed by atoms with van der Waals surface area (Å²) in [5.41, 5.74) is 1.17. The second kappa shape index (κ2) is 8.68. The summed E-state index contributed by atoms with van der Waals surface area (Å²) >= 11 is 0. The molecule has 2 aromatic rings. The van der Waals surface area contributed by atoms with E-state index in [9.17, 15) is 14.0 Å². The Bertz CT molecular complexity index is 776. The Labute approximate surface area is 157 Å². The smallest absolute Gasteiger partial charge is 0.274 e. The Morgan fingerprint density at radius 3 is 2.48 bits per heavy atom. The zero-order valence-corrected chi connectivity index (χ0v) is 15.1. The van der Waals surface area contributed by atoms with Crippen molar-refractivity contribution in [2.45, 2.75) is 19.5 Å². The summed E-state index contributed by atoms with van der Waals surface area (Å²) in [6.45, 7) is 4.49. The van der Waals surface area contributed by atoms with Crippen LogP contribution in [-0.4, -0.2) is 63.8 Å². The molecule has 1 saturated heterocycles.